The van der Waals surface area contributed by atoms with Crippen molar-refractivity contribution in [3.63, 3.8) is 0 Å². The minimum atomic E-state index is 0.530. The van der Waals surface area contributed by atoms with Crippen LogP contribution in [0.1, 0.15) is 5.56 Å². The molecule has 0 atom stereocenters. The number of anilines is 1. The summed E-state index contributed by atoms with van der Waals surface area (Å²) in [4.78, 5) is 12.4. The minimum Gasteiger partial charge on any atom is -0.369 e. The van der Waals surface area contributed by atoms with E-state index in [1.807, 2.05) is 22.9 Å². The Bertz CT molecular complexity index is 659. The molecule has 5 heteroatoms. The second-order valence-electron chi connectivity index (χ2n) is 4.10. The van der Waals surface area contributed by atoms with Crippen LogP contribution in [0.25, 0.3) is 11.0 Å². The van der Waals surface area contributed by atoms with Gasteiger partial charge in [-0.05, 0) is 24.1 Å². The van der Waals surface area contributed by atoms with Crippen LogP contribution in [0, 0.1) is 0 Å². The molecule has 0 unspecified atom stereocenters. The van der Waals surface area contributed by atoms with Crippen LogP contribution in [0.2, 0.25) is 0 Å². The smallest absolute Gasteiger partial charge is 0.201 e. The lowest BCUT2D eigenvalue weighted by atomic mass is 10.2. The lowest BCUT2D eigenvalue weighted by Gasteiger charge is -2.06. The van der Waals surface area contributed by atoms with E-state index in [0.717, 1.165) is 24.0 Å². The third kappa shape index (κ3) is 1.90. The average molecular weight is 239 g/mol. The molecule has 0 radical (unpaired) electrons. The van der Waals surface area contributed by atoms with E-state index in [2.05, 4.69) is 21.0 Å². The Kier molecular flexibility index (Phi) is 2.64. The van der Waals surface area contributed by atoms with Gasteiger partial charge >= 0.3 is 0 Å². The van der Waals surface area contributed by atoms with E-state index in [-0.39, 0.29) is 0 Å². The monoisotopic (exact) mass is 239 g/mol. The topological polar surface area (TPSA) is 69.6 Å². The van der Waals surface area contributed by atoms with Crippen molar-refractivity contribution in [3.8, 4) is 0 Å². The van der Waals surface area contributed by atoms with E-state index in [1.54, 1.807) is 18.6 Å². The maximum Gasteiger partial charge on any atom is 0.201 e. The highest BCUT2D eigenvalue weighted by Gasteiger charge is 2.07. The number of nitrogens with two attached hydrogens (primary N) is 1. The first-order chi connectivity index (χ1) is 8.84. The van der Waals surface area contributed by atoms with E-state index in [1.165, 1.54) is 5.56 Å². The van der Waals surface area contributed by atoms with E-state index in [4.69, 9.17) is 5.73 Å². The average Bonchev–Trinajstić information content (AvgIpc) is 2.73. The molecule has 0 saturated heterocycles. The van der Waals surface area contributed by atoms with Crippen LogP contribution in [0.4, 0.5) is 5.95 Å². The van der Waals surface area contributed by atoms with Crippen LogP contribution in [0.3, 0.4) is 0 Å². The highest BCUT2D eigenvalue weighted by Crippen LogP contribution is 2.16. The van der Waals surface area contributed by atoms with Crippen molar-refractivity contribution in [2.45, 2.75) is 13.0 Å². The summed E-state index contributed by atoms with van der Waals surface area (Å²) in [6.07, 6.45) is 8.01. The molecule has 5 nitrogen and oxygen atoms in total. The number of fused-ring (bicyclic) bond motifs is 1. The summed E-state index contributed by atoms with van der Waals surface area (Å²) >= 11 is 0. The molecule has 3 heterocycles. The zero-order valence-electron chi connectivity index (χ0n) is 9.82. The van der Waals surface area contributed by atoms with E-state index >= 15 is 0 Å². The van der Waals surface area contributed by atoms with Crippen molar-refractivity contribution in [2.24, 2.45) is 0 Å². The zero-order chi connectivity index (χ0) is 12.4. The molecule has 0 spiro atoms. The minimum absolute atomic E-state index is 0.530. The fraction of sp³-hybridized carbons (Fsp3) is 0.154. The second kappa shape index (κ2) is 4.44. The molecule has 0 aliphatic rings. The quantitative estimate of drug-likeness (QED) is 0.754. The number of nitrogens with zero attached hydrogens (tertiary/aromatic N) is 4. The van der Waals surface area contributed by atoms with Gasteiger partial charge in [0.25, 0.3) is 0 Å². The van der Waals surface area contributed by atoms with Crippen molar-refractivity contribution in [1.29, 1.82) is 0 Å². The van der Waals surface area contributed by atoms with Gasteiger partial charge in [0.15, 0.2) is 0 Å². The first-order valence-corrected chi connectivity index (χ1v) is 5.79. The summed E-state index contributed by atoms with van der Waals surface area (Å²) in [7, 11) is 0. The van der Waals surface area contributed by atoms with Crippen molar-refractivity contribution in [3.05, 3.63) is 48.5 Å². The van der Waals surface area contributed by atoms with Gasteiger partial charge in [0.1, 0.15) is 5.52 Å². The maximum atomic E-state index is 5.93. The van der Waals surface area contributed by atoms with Crippen LogP contribution in [0.15, 0.2) is 43.0 Å². The number of aromatic nitrogens is 4. The number of imidazole rings is 1. The third-order valence-electron chi connectivity index (χ3n) is 2.93. The fourth-order valence-corrected chi connectivity index (χ4v) is 2.02. The zero-order valence-corrected chi connectivity index (χ0v) is 9.82. The first kappa shape index (κ1) is 10.7. The summed E-state index contributed by atoms with van der Waals surface area (Å²) in [6.45, 7) is 0.790. The van der Waals surface area contributed by atoms with E-state index < -0.39 is 0 Å². The van der Waals surface area contributed by atoms with Gasteiger partial charge in [0, 0.05) is 25.1 Å². The van der Waals surface area contributed by atoms with Crippen LogP contribution in [-0.4, -0.2) is 19.5 Å². The second-order valence-corrected chi connectivity index (χ2v) is 4.10. The molecule has 3 aromatic rings. The Morgan fingerprint density at radius 2 is 2.00 bits per heavy atom. The van der Waals surface area contributed by atoms with Gasteiger partial charge in [-0.25, -0.2) is 4.98 Å². The predicted octanol–water partition coefficient (Wildman–Crippen LogP) is 1.65. The number of pyridine rings is 2. The van der Waals surface area contributed by atoms with Crippen molar-refractivity contribution in [2.75, 3.05) is 5.73 Å². The molecule has 0 aromatic carbocycles. The predicted molar refractivity (Wildman–Crippen MR) is 69.9 cm³/mol. The van der Waals surface area contributed by atoms with Crippen molar-refractivity contribution >= 4 is 17.0 Å². The molecule has 0 aliphatic carbocycles. The standard InChI is InChI=1S/C13H13N5/c14-13-17-11-9-16-6-3-12(11)18(13)7-4-10-2-1-5-15-8-10/h1-3,5-6,8-9H,4,7H2,(H2,14,17). The lowest BCUT2D eigenvalue weighted by Crippen LogP contribution is -2.05. The van der Waals surface area contributed by atoms with Crippen LogP contribution >= 0.6 is 0 Å². The van der Waals surface area contributed by atoms with Gasteiger partial charge in [-0.15, -0.1) is 0 Å². The fourth-order valence-electron chi connectivity index (χ4n) is 2.02. The molecule has 2 N–H and O–H groups in total. The number of hydrogen-bond donors (Lipinski definition) is 1. The van der Waals surface area contributed by atoms with Crippen LogP contribution in [-0.2, 0) is 13.0 Å². The largest absolute Gasteiger partial charge is 0.369 e. The Morgan fingerprint density at radius 3 is 2.83 bits per heavy atom. The third-order valence-corrected chi connectivity index (χ3v) is 2.93. The van der Waals surface area contributed by atoms with E-state index in [0.29, 0.717) is 5.95 Å². The Balaban J connectivity index is 1.89. The van der Waals surface area contributed by atoms with Crippen LogP contribution in [0.5, 0.6) is 0 Å². The highest BCUT2D eigenvalue weighted by molar-refractivity contribution is 5.76. The first-order valence-electron chi connectivity index (χ1n) is 5.79. The molecule has 18 heavy (non-hydrogen) atoms. The lowest BCUT2D eigenvalue weighted by molar-refractivity contribution is 0.724. The van der Waals surface area contributed by atoms with Gasteiger partial charge in [0.2, 0.25) is 5.95 Å². The van der Waals surface area contributed by atoms with Gasteiger partial charge in [-0.3, -0.25) is 9.97 Å². The number of hydrogen-bond acceptors (Lipinski definition) is 4. The molecule has 3 rings (SSSR count). The normalized spacial score (nSPS) is 10.9. The molecule has 0 aliphatic heterocycles. The van der Waals surface area contributed by atoms with Crippen LogP contribution < -0.4 is 5.73 Å². The van der Waals surface area contributed by atoms with E-state index in [9.17, 15) is 0 Å². The molecule has 0 bridgehead atoms. The molecule has 90 valence electrons. The van der Waals surface area contributed by atoms with Gasteiger partial charge in [-0.1, -0.05) is 6.07 Å². The molecule has 0 saturated carbocycles. The van der Waals surface area contributed by atoms with Gasteiger partial charge in [0.05, 0.1) is 11.7 Å². The van der Waals surface area contributed by atoms with Gasteiger partial charge < -0.3 is 10.3 Å². The number of nitrogen functional groups attached to an aromatic ring is 1. The molecular weight excluding hydrogens is 226 g/mol. The Hall–Kier alpha value is -2.43. The summed E-state index contributed by atoms with van der Waals surface area (Å²) < 4.78 is 2.00. The Labute approximate surface area is 104 Å². The number of rotatable bonds is 3. The number of aryl methyl sites for hydroxylation is 2. The van der Waals surface area contributed by atoms with Gasteiger partial charge in [-0.2, -0.15) is 0 Å². The summed E-state index contributed by atoms with van der Waals surface area (Å²) in [5.41, 5.74) is 8.97. The summed E-state index contributed by atoms with van der Waals surface area (Å²) in [5.74, 6) is 0.530. The molecular formula is C13H13N5. The van der Waals surface area contributed by atoms with Crippen molar-refractivity contribution < 1.29 is 0 Å². The highest BCUT2D eigenvalue weighted by atomic mass is 15.2. The summed E-state index contributed by atoms with van der Waals surface area (Å²) in [6, 6.07) is 5.93. The molecule has 0 amide bonds. The summed E-state index contributed by atoms with van der Waals surface area (Å²) in [5, 5.41) is 0. The Morgan fingerprint density at radius 1 is 1.11 bits per heavy atom. The SMILES string of the molecule is Nc1nc2cnccc2n1CCc1cccnc1. The molecule has 3 aromatic heterocycles. The van der Waals surface area contributed by atoms with Crippen molar-refractivity contribution in [1.82, 2.24) is 19.5 Å². The molecule has 0 fully saturated rings. The maximum absolute atomic E-state index is 5.93.